The largest absolute Gasteiger partial charge is 0.573 e. The van der Waals surface area contributed by atoms with Crippen molar-refractivity contribution in [3.63, 3.8) is 0 Å². The number of hydrogen-bond acceptors (Lipinski definition) is 5. The molecule has 1 amide bonds. The van der Waals surface area contributed by atoms with Gasteiger partial charge in [-0.15, -0.1) is 13.2 Å². The van der Waals surface area contributed by atoms with Crippen LogP contribution in [0.15, 0.2) is 53.4 Å². The highest BCUT2D eigenvalue weighted by Gasteiger charge is 2.32. The number of aryl methyl sites for hydroxylation is 1. The van der Waals surface area contributed by atoms with E-state index in [0.717, 1.165) is 11.6 Å². The fourth-order valence-corrected chi connectivity index (χ4v) is 4.43. The monoisotopic (exact) mass is 458 g/mol. The van der Waals surface area contributed by atoms with E-state index in [2.05, 4.69) is 10.1 Å². The van der Waals surface area contributed by atoms with Crippen molar-refractivity contribution in [1.82, 2.24) is 4.31 Å². The minimum atomic E-state index is -4.87. The van der Waals surface area contributed by atoms with Gasteiger partial charge in [0.15, 0.2) is 5.75 Å². The predicted octanol–water partition coefficient (Wildman–Crippen LogP) is 3.18. The fourth-order valence-electron chi connectivity index (χ4n) is 3.02. The lowest BCUT2D eigenvalue weighted by Crippen LogP contribution is -2.40. The molecule has 0 atom stereocenters. The van der Waals surface area contributed by atoms with Gasteiger partial charge in [-0.25, -0.2) is 8.42 Å². The first-order valence-corrected chi connectivity index (χ1v) is 10.9. The number of hydrogen-bond donors (Lipinski definition) is 1. The van der Waals surface area contributed by atoms with Crippen molar-refractivity contribution in [1.29, 1.82) is 0 Å². The Morgan fingerprint density at radius 2 is 1.71 bits per heavy atom. The highest BCUT2D eigenvalue weighted by Crippen LogP contribution is 2.30. The summed E-state index contributed by atoms with van der Waals surface area (Å²) in [6.45, 7) is 1.29. The highest BCUT2D eigenvalue weighted by atomic mass is 32.2. The molecule has 11 heteroatoms. The summed E-state index contributed by atoms with van der Waals surface area (Å²) in [4.78, 5) is 12.3. The average Bonchev–Trinajstić information content (AvgIpc) is 2.73. The molecule has 0 radical (unpaired) electrons. The molecule has 1 aliphatic rings. The summed E-state index contributed by atoms with van der Waals surface area (Å²) in [5.74, 6) is -0.996. The molecule has 2 aromatic rings. The lowest BCUT2D eigenvalue weighted by Gasteiger charge is -2.26. The molecule has 1 fully saturated rings. The molecule has 1 aliphatic heterocycles. The molecule has 0 aromatic heterocycles. The molecule has 0 aliphatic carbocycles. The number of carbonyl (C=O) groups is 1. The number of para-hydroxylation sites is 2. The van der Waals surface area contributed by atoms with Gasteiger partial charge in [-0.1, -0.05) is 24.3 Å². The summed E-state index contributed by atoms with van der Waals surface area (Å²) in [6, 6.07) is 11.4. The minimum Gasteiger partial charge on any atom is -0.404 e. The number of amides is 1. The van der Waals surface area contributed by atoms with Gasteiger partial charge in [0.25, 0.3) is 0 Å². The normalized spacial score (nSPS) is 15.5. The second-order valence-corrected chi connectivity index (χ2v) is 8.69. The molecule has 3 rings (SSSR count). The average molecular weight is 458 g/mol. The van der Waals surface area contributed by atoms with Crippen LogP contribution in [0.1, 0.15) is 12.0 Å². The van der Waals surface area contributed by atoms with Crippen molar-refractivity contribution in [2.75, 3.05) is 31.6 Å². The van der Waals surface area contributed by atoms with Crippen molar-refractivity contribution >= 4 is 21.6 Å². The molecule has 1 saturated heterocycles. The molecule has 2 aromatic carbocycles. The Balaban J connectivity index is 1.58. The maximum absolute atomic E-state index is 12.6. The van der Waals surface area contributed by atoms with E-state index in [1.807, 2.05) is 0 Å². The van der Waals surface area contributed by atoms with Gasteiger partial charge in [0.05, 0.1) is 23.8 Å². The predicted molar refractivity (Wildman–Crippen MR) is 106 cm³/mol. The Bertz CT molecular complexity index is 1000. The van der Waals surface area contributed by atoms with Gasteiger partial charge in [0.1, 0.15) is 0 Å². The molecule has 1 N–H and O–H groups in total. The Kier molecular flexibility index (Phi) is 7.19. The van der Waals surface area contributed by atoms with Crippen LogP contribution < -0.4 is 10.1 Å². The number of sulfonamides is 1. The molecule has 31 heavy (non-hydrogen) atoms. The van der Waals surface area contributed by atoms with E-state index in [0.29, 0.717) is 26.3 Å². The fraction of sp³-hybridized carbons (Fsp3) is 0.350. The lowest BCUT2D eigenvalue weighted by atomic mass is 10.1. The van der Waals surface area contributed by atoms with Crippen LogP contribution in [0.4, 0.5) is 18.9 Å². The maximum Gasteiger partial charge on any atom is 0.573 e. The van der Waals surface area contributed by atoms with Gasteiger partial charge >= 0.3 is 6.36 Å². The third-order valence-corrected chi connectivity index (χ3v) is 6.47. The molecule has 0 spiro atoms. The topological polar surface area (TPSA) is 84.9 Å². The summed E-state index contributed by atoms with van der Waals surface area (Å²) in [7, 11) is -3.60. The van der Waals surface area contributed by atoms with E-state index in [4.69, 9.17) is 4.74 Å². The summed E-state index contributed by atoms with van der Waals surface area (Å²) in [5, 5.41) is 2.40. The number of benzene rings is 2. The number of halogens is 3. The van der Waals surface area contributed by atoms with Crippen LogP contribution >= 0.6 is 0 Å². The number of morpholine rings is 1. The van der Waals surface area contributed by atoms with Gasteiger partial charge in [-0.05, 0) is 36.2 Å². The number of alkyl halides is 3. The number of nitrogens with one attached hydrogen (secondary N) is 1. The molecule has 7 nitrogen and oxygen atoms in total. The quantitative estimate of drug-likeness (QED) is 0.689. The molecule has 0 bridgehead atoms. The highest BCUT2D eigenvalue weighted by molar-refractivity contribution is 7.89. The SMILES string of the molecule is O=C(CCc1ccc(S(=O)(=O)N2CCOCC2)cc1)Nc1ccccc1OC(F)(F)F. The van der Waals surface area contributed by atoms with Gasteiger partial charge in [-0.3, -0.25) is 4.79 Å². The molecular formula is C20H21F3N2O5S. The van der Waals surface area contributed by atoms with Gasteiger partial charge in [0, 0.05) is 19.5 Å². The molecule has 0 saturated carbocycles. The first kappa shape index (κ1) is 23.0. The van der Waals surface area contributed by atoms with Gasteiger partial charge < -0.3 is 14.8 Å². The van der Waals surface area contributed by atoms with Crippen molar-refractivity contribution in [3.05, 3.63) is 54.1 Å². The zero-order chi connectivity index (χ0) is 22.5. The molecule has 168 valence electrons. The van der Waals surface area contributed by atoms with Crippen LogP contribution in [0, 0.1) is 0 Å². The Labute approximate surface area is 177 Å². The molecule has 0 unspecified atom stereocenters. The van der Waals surface area contributed by atoms with Crippen LogP contribution in [-0.4, -0.2) is 51.3 Å². The van der Waals surface area contributed by atoms with E-state index < -0.39 is 28.0 Å². The van der Waals surface area contributed by atoms with E-state index >= 15 is 0 Å². The van der Waals surface area contributed by atoms with Gasteiger partial charge in [-0.2, -0.15) is 4.31 Å². The Hall–Kier alpha value is -2.63. The number of carbonyl (C=O) groups excluding carboxylic acids is 1. The number of anilines is 1. The Morgan fingerprint density at radius 3 is 2.35 bits per heavy atom. The van der Waals surface area contributed by atoms with E-state index in [1.54, 1.807) is 12.1 Å². The van der Waals surface area contributed by atoms with E-state index in [9.17, 15) is 26.4 Å². The maximum atomic E-state index is 12.6. The zero-order valence-corrected chi connectivity index (χ0v) is 17.2. The number of ether oxygens (including phenoxy) is 2. The molecular weight excluding hydrogens is 437 g/mol. The smallest absolute Gasteiger partial charge is 0.404 e. The van der Waals surface area contributed by atoms with Crippen LogP contribution in [0.2, 0.25) is 0 Å². The van der Waals surface area contributed by atoms with Crippen LogP contribution in [0.3, 0.4) is 0 Å². The third-order valence-electron chi connectivity index (χ3n) is 4.56. The van der Waals surface area contributed by atoms with Gasteiger partial charge in [0.2, 0.25) is 15.9 Å². The van der Waals surface area contributed by atoms with Crippen molar-refractivity contribution in [2.24, 2.45) is 0 Å². The van der Waals surface area contributed by atoms with Crippen LogP contribution in [-0.2, 0) is 26.0 Å². The van der Waals surface area contributed by atoms with E-state index in [-0.39, 0.29) is 23.4 Å². The third kappa shape index (κ3) is 6.42. The second kappa shape index (κ2) is 9.67. The summed E-state index contributed by atoms with van der Waals surface area (Å²) < 4.78 is 73.1. The van der Waals surface area contributed by atoms with Crippen LogP contribution in [0.25, 0.3) is 0 Å². The number of nitrogens with zero attached hydrogens (tertiary/aromatic N) is 1. The zero-order valence-electron chi connectivity index (χ0n) is 16.4. The summed E-state index contributed by atoms with van der Waals surface area (Å²) in [6.07, 6.45) is -4.59. The lowest BCUT2D eigenvalue weighted by molar-refractivity contribution is -0.274. The first-order chi connectivity index (χ1) is 14.6. The van der Waals surface area contributed by atoms with Crippen molar-refractivity contribution in [3.8, 4) is 5.75 Å². The molecule has 1 heterocycles. The van der Waals surface area contributed by atoms with Crippen molar-refractivity contribution < 1.29 is 35.9 Å². The first-order valence-electron chi connectivity index (χ1n) is 9.46. The summed E-state index contributed by atoms with van der Waals surface area (Å²) in [5.41, 5.74) is 0.632. The van der Waals surface area contributed by atoms with E-state index in [1.165, 1.54) is 34.6 Å². The van der Waals surface area contributed by atoms with Crippen LogP contribution in [0.5, 0.6) is 5.75 Å². The van der Waals surface area contributed by atoms with Crippen molar-refractivity contribution in [2.45, 2.75) is 24.1 Å². The minimum absolute atomic E-state index is 0.00405. The standard InChI is InChI=1S/C20H21F3N2O5S/c21-20(22,23)30-18-4-2-1-3-17(18)24-19(26)10-7-15-5-8-16(9-6-15)31(27,28)25-11-13-29-14-12-25/h1-6,8-9H,7,10-14H2,(H,24,26). The second-order valence-electron chi connectivity index (χ2n) is 6.75. The summed E-state index contributed by atoms with van der Waals surface area (Å²) >= 11 is 0. The number of rotatable bonds is 7. The Morgan fingerprint density at radius 1 is 1.06 bits per heavy atom.